The highest BCUT2D eigenvalue weighted by atomic mass is 16.4. The molecule has 3 N–H and O–H groups in total. The monoisotopic (exact) mass is 204 g/mol. The van der Waals surface area contributed by atoms with Crippen LogP contribution in [0, 0.1) is 11.3 Å². The van der Waals surface area contributed by atoms with Crippen LogP contribution in [-0.2, 0) is 13.0 Å². The fourth-order valence-corrected chi connectivity index (χ4v) is 1.52. The second kappa shape index (κ2) is 4.58. The summed E-state index contributed by atoms with van der Waals surface area (Å²) in [7, 11) is 0. The molecule has 0 saturated heterocycles. The molecule has 0 atom stereocenters. The summed E-state index contributed by atoms with van der Waals surface area (Å²) in [5.74, 6) is -1.02. The zero-order valence-electron chi connectivity index (χ0n) is 8.45. The minimum atomic E-state index is -1.02. The number of hydrogen-bond donors (Lipinski definition) is 2. The van der Waals surface area contributed by atoms with Crippen molar-refractivity contribution in [3.63, 3.8) is 0 Å². The highest BCUT2D eigenvalue weighted by Crippen LogP contribution is 2.18. The maximum atomic E-state index is 11.0. The number of carboxylic acids is 1. The molecule has 0 bridgehead atoms. The minimum absolute atomic E-state index is 0.178. The SMILES string of the molecule is CCc1c(C#N)cc(CN)cc1C(=O)O. The third-order valence-corrected chi connectivity index (χ3v) is 2.25. The van der Waals surface area contributed by atoms with Gasteiger partial charge in [0.15, 0.2) is 0 Å². The van der Waals surface area contributed by atoms with E-state index >= 15 is 0 Å². The van der Waals surface area contributed by atoms with Gasteiger partial charge in [-0.25, -0.2) is 4.79 Å². The van der Waals surface area contributed by atoms with Crippen LogP contribution in [0.5, 0.6) is 0 Å². The number of benzene rings is 1. The normalized spacial score (nSPS) is 9.67. The standard InChI is InChI=1S/C11H12N2O2/c1-2-9-8(6-13)3-7(5-12)4-10(9)11(14)15/h3-4H,2,5,12H2,1H3,(H,14,15). The van der Waals surface area contributed by atoms with Gasteiger partial charge in [0.2, 0.25) is 0 Å². The predicted molar refractivity (Wildman–Crippen MR) is 55.4 cm³/mol. The molecule has 0 aromatic heterocycles. The lowest BCUT2D eigenvalue weighted by atomic mass is 9.96. The molecule has 0 amide bonds. The van der Waals surface area contributed by atoms with Crippen molar-refractivity contribution >= 4 is 5.97 Å². The maximum Gasteiger partial charge on any atom is 0.336 e. The van der Waals surface area contributed by atoms with Crippen molar-refractivity contribution in [1.29, 1.82) is 5.26 Å². The molecule has 0 aliphatic rings. The van der Waals surface area contributed by atoms with Crippen molar-refractivity contribution < 1.29 is 9.90 Å². The summed E-state index contributed by atoms with van der Waals surface area (Å²) >= 11 is 0. The van der Waals surface area contributed by atoms with E-state index in [1.165, 1.54) is 6.07 Å². The van der Waals surface area contributed by atoms with Gasteiger partial charge in [0, 0.05) is 6.54 Å². The van der Waals surface area contributed by atoms with Gasteiger partial charge in [-0.2, -0.15) is 5.26 Å². The van der Waals surface area contributed by atoms with Crippen LogP contribution in [0.2, 0.25) is 0 Å². The fourth-order valence-electron chi connectivity index (χ4n) is 1.52. The number of carboxylic acid groups (broad SMARTS) is 1. The van der Waals surface area contributed by atoms with Crippen LogP contribution in [-0.4, -0.2) is 11.1 Å². The van der Waals surface area contributed by atoms with Gasteiger partial charge in [0.25, 0.3) is 0 Å². The maximum absolute atomic E-state index is 11.0. The summed E-state index contributed by atoms with van der Waals surface area (Å²) in [6.45, 7) is 2.06. The van der Waals surface area contributed by atoms with E-state index in [-0.39, 0.29) is 12.1 Å². The van der Waals surface area contributed by atoms with Crippen LogP contribution in [0.25, 0.3) is 0 Å². The second-order valence-corrected chi connectivity index (χ2v) is 3.14. The first-order chi connectivity index (χ1) is 7.13. The van der Waals surface area contributed by atoms with Gasteiger partial charge in [0.1, 0.15) is 0 Å². The first-order valence-electron chi connectivity index (χ1n) is 4.63. The molecule has 0 saturated carbocycles. The average molecular weight is 204 g/mol. The van der Waals surface area contributed by atoms with Crippen molar-refractivity contribution in [2.45, 2.75) is 19.9 Å². The van der Waals surface area contributed by atoms with Gasteiger partial charge >= 0.3 is 5.97 Å². The van der Waals surface area contributed by atoms with E-state index in [0.717, 1.165) is 0 Å². The lowest BCUT2D eigenvalue weighted by molar-refractivity contribution is 0.0695. The average Bonchev–Trinajstić information content (AvgIpc) is 2.26. The number of rotatable bonds is 3. The van der Waals surface area contributed by atoms with E-state index in [1.54, 1.807) is 6.07 Å². The molecule has 1 aromatic rings. The van der Waals surface area contributed by atoms with Gasteiger partial charge in [-0.1, -0.05) is 6.92 Å². The topological polar surface area (TPSA) is 87.1 Å². The molecule has 4 nitrogen and oxygen atoms in total. The Hall–Kier alpha value is -1.86. The van der Waals surface area contributed by atoms with Crippen LogP contribution < -0.4 is 5.73 Å². The van der Waals surface area contributed by atoms with E-state index in [9.17, 15) is 4.79 Å². The summed E-state index contributed by atoms with van der Waals surface area (Å²) in [6, 6.07) is 5.17. The summed E-state index contributed by atoms with van der Waals surface area (Å²) in [4.78, 5) is 11.0. The van der Waals surface area contributed by atoms with Crippen LogP contribution in [0.1, 0.15) is 34.0 Å². The highest BCUT2D eigenvalue weighted by Gasteiger charge is 2.14. The Labute approximate surface area is 87.9 Å². The Bertz CT molecular complexity index is 433. The van der Waals surface area contributed by atoms with Gasteiger partial charge in [0.05, 0.1) is 17.2 Å². The first kappa shape index (κ1) is 11.2. The summed E-state index contributed by atoms with van der Waals surface area (Å²) in [5.41, 5.74) is 7.25. The molecule has 0 unspecified atom stereocenters. The lowest BCUT2D eigenvalue weighted by Gasteiger charge is -2.08. The molecule has 4 heteroatoms. The van der Waals surface area contributed by atoms with Crippen molar-refractivity contribution in [1.82, 2.24) is 0 Å². The number of aromatic carboxylic acids is 1. The lowest BCUT2D eigenvalue weighted by Crippen LogP contribution is -2.07. The minimum Gasteiger partial charge on any atom is -0.478 e. The fraction of sp³-hybridized carbons (Fsp3) is 0.273. The summed E-state index contributed by atoms with van der Waals surface area (Å²) in [6.07, 6.45) is 0.523. The largest absolute Gasteiger partial charge is 0.478 e. The predicted octanol–water partition coefficient (Wildman–Crippen LogP) is 1.28. The zero-order chi connectivity index (χ0) is 11.4. The first-order valence-corrected chi connectivity index (χ1v) is 4.63. The molecule has 0 heterocycles. The molecule has 0 aliphatic heterocycles. The molecule has 0 fully saturated rings. The van der Waals surface area contributed by atoms with Crippen molar-refractivity contribution in [2.24, 2.45) is 5.73 Å². The number of carbonyl (C=O) groups is 1. The quantitative estimate of drug-likeness (QED) is 0.776. The Morgan fingerprint density at radius 3 is 2.67 bits per heavy atom. The van der Waals surface area contributed by atoms with E-state index < -0.39 is 5.97 Å². The second-order valence-electron chi connectivity index (χ2n) is 3.14. The van der Waals surface area contributed by atoms with Crippen molar-refractivity contribution in [3.8, 4) is 6.07 Å². The highest BCUT2D eigenvalue weighted by molar-refractivity contribution is 5.90. The third-order valence-electron chi connectivity index (χ3n) is 2.25. The van der Waals surface area contributed by atoms with Gasteiger partial charge in [-0.15, -0.1) is 0 Å². The van der Waals surface area contributed by atoms with E-state index in [4.69, 9.17) is 16.1 Å². The third kappa shape index (κ3) is 2.14. The molecule has 78 valence electrons. The van der Waals surface area contributed by atoms with Crippen LogP contribution in [0.15, 0.2) is 12.1 Å². The molecule has 15 heavy (non-hydrogen) atoms. The van der Waals surface area contributed by atoms with Gasteiger partial charge in [-0.3, -0.25) is 0 Å². The Balaban J connectivity index is 3.48. The molecule has 1 aromatic carbocycles. The van der Waals surface area contributed by atoms with E-state index in [1.807, 2.05) is 13.0 Å². The van der Waals surface area contributed by atoms with Crippen LogP contribution in [0.4, 0.5) is 0 Å². The Morgan fingerprint density at radius 2 is 2.27 bits per heavy atom. The van der Waals surface area contributed by atoms with Crippen LogP contribution in [0.3, 0.4) is 0 Å². The van der Waals surface area contributed by atoms with Crippen molar-refractivity contribution in [3.05, 3.63) is 34.4 Å². The Kier molecular flexibility index (Phi) is 3.42. The molecule has 0 aliphatic carbocycles. The summed E-state index contributed by atoms with van der Waals surface area (Å²) in [5, 5.41) is 17.9. The molecule has 0 spiro atoms. The molecule has 1 rings (SSSR count). The molecular formula is C11H12N2O2. The van der Waals surface area contributed by atoms with Gasteiger partial charge in [-0.05, 0) is 29.7 Å². The molecular weight excluding hydrogens is 192 g/mol. The smallest absolute Gasteiger partial charge is 0.336 e. The van der Waals surface area contributed by atoms with Gasteiger partial charge < -0.3 is 10.8 Å². The number of nitriles is 1. The van der Waals surface area contributed by atoms with E-state index in [2.05, 4.69) is 0 Å². The summed E-state index contributed by atoms with van der Waals surface area (Å²) < 4.78 is 0. The van der Waals surface area contributed by atoms with E-state index in [0.29, 0.717) is 23.1 Å². The zero-order valence-corrected chi connectivity index (χ0v) is 8.45. The number of nitrogens with zero attached hydrogens (tertiary/aromatic N) is 1. The number of hydrogen-bond acceptors (Lipinski definition) is 3. The van der Waals surface area contributed by atoms with Crippen LogP contribution >= 0.6 is 0 Å². The van der Waals surface area contributed by atoms with Crippen molar-refractivity contribution in [2.75, 3.05) is 0 Å². The Morgan fingerprint density at radius 1 is 1.60 bits per heavy atom. The molecule has 0 radical (unpaired) electrons. The number of nitrogens with two attached hydrogens (primary N) is 1.